The standard InChI is InChI=1S/C29H56O11/c1-3-5-8-27(4-2)29(30)40-26-24-37-22-20-35-18-16-33-14-12-31-11-13-32-15-17-34-19-21-36-23-25-39-28-9-6-7-10-38-28/h27-28H,3-26H2,1-2H3. The van der Waals surface area contributed by atoms with Gasteiger partial charge in [-0.15, -0.1) is 0 Å². The number of carbonyl (C=O) groups excluding carboxylic acids is 1. The Morgan fingerprint density at radius 1 is 0.650 bits per heavy atom. The minimum Gasteiger partial charge on any atom is -0.463 e. The van der Waals surface area contributed by atoms with Crippen LogP contribution in [0.3, 0.4) is 0 Å². The molecule has 0 N–H and O–H groups in total. The molecule has 0 spiro atoms. The first-order chi connectivity index (χ1) is 19.8. The monoisotopic (exact) mass is 580 g/mol. The van der Waals surface area contributed by atoms with Gasteiger partial charge in [-0.25, -0.2) is 0 Å². The van der Waals surface area contributed by atoms with Crippen molar-refractivity contribution in [2.45, 2.75) is 65.1 Å². The first kappa shape index (κ1) is 37.1. The second kappa shape index (κ2) is 29.6. The molecule has 2 unspecified atom stereocenters. The summed E-state index contributed by atoms with van der Waals surface area (Å²) in [7, 11) is 0. The van der Waals surface area contributed by atoms with Gasteiger partial charge in [0.25, 0.3) is 0 Å². The van der Waals surface area contributed by atoms with Crippen molar-refractivity contribution in [3.63, 3.8) is 0 Å². The number of unbranched alkanes of at least 4 members (excludes halogenated alkanes) is 1. The van der Waals surface area contributed by atoms with Gasteiger partial charge >= 0.3 is 5.97 Å². The summed E-state index contributed by atoms with van der Waals surface area (Å²) in [6.45, 7) is 12.8. The van der Waals surface area contributed by atoms with Gasteiger partial charge in [-0.2, -0.15) is 0 Å². The van der Waals surface area contributed by atoms with Crippen LogP contribution in [-0.2, 0) is 52.2 Å². The molecule has 238 valence electrons. The minimum absolute atomic E-state index is 0.00211. The Morgan fingerprint density at radius 3 is 1.50 bits per heavy atom. The summed E-state index contributed by atoms with van der Waals surface area (Å²) in [6, 6.07) is 0. The Kier molecular flexibility index (Phi) is 27.5. The summed E-state index contributed by atoms with van der Waals surface area (Å²) in [5, 5.41) is 0. The minimum atomic E-state index is -0.116. The number of hydrogen-bond donors (Lipinski definition) is 0. The Bertz CT molecular complexity index is 532. The first-order valence-corrected chi connectivity index (χ1v) is 15.2. The fraction of sp³-hybridized carbons (Fsp3) is 0.966. The summed E-state index contributed by atoms with van der Waals surface area (Å²) >= 11 is 0. The van der Waals surface area contributed by atoms with Crippen LogP contribution in [0.5, 0.6) is 0 Å². The van der Waals surface area contributed by atoms with Crippen LogP contribution in [0, 0.1) is 5.92 Å². The summed E-state index contributed by atoms with van der Waals surface area (Å²) in [5.74, 6) is -0.114. The molecule has 11 heteroatoms. The number of esters is 1. The quantitative estimate of drug-likeness (QED) is 0.0921. The molecule has 2 atom stereocenters. The van der Waals surface area contributed by atoms with Crippen molar-refractivity contribution >= 4 is 5.97 Å². The van der Waals surface area contributed by atoms with E-state index in [0.29, 0.717) is 99.1 Å². The lowest BCUT2D eigenvalue weighted by atomic mass is 10.00. The molecule has 1 aliphatic rings. The maximum Gasteiger partial charge on any atom is 0.308 e. The third-order valence-corrected chi connectivity index (χ3v) is 6.11. The number of rotatable bonds is 30. The molecule has 1 heterocycles. The van der Waals surface area contributed by atoms with Gasteiger partial charge < -0.3 is 47.4 Å². The second-order valence-corrected chi connectivity index (χ2v) is 9.37. The number of ether oxygens (including phenoxy) is 10. The first-order valence-electron chi connectivity index (χ1n) is 15.2. The predicted molar refractivity (Wildman–Crippen MR) is 150 cm³/mol. The Balaban J connectivity index is 1.68. The number of hydrogen-bond acceptors (Lipinski definition) is 11. The molecule has 0 aliphatic carbocycles. The van der Waals surface area contributed by atoms with Crippen LogP contribution < -0.4 is 0 Å². The van der Waals surface area contributed by atoms with Crippen molar-refractivity contribution in [3.05, 3.63) is 0 Å². The van der Waals surface area contributed by atoms with E-state index >= 15 is 0 Å². The Morgan fingerprint density at radius 2 is 1.10 bits per heavy atom. The Hall–Kier alpha value is -0.890. The van der Waals surface area contributed by atoms with Gasteiger partial charge in [0.15, 0.2) is 6.29 Å². The highest BCUT2D eigenvalue weighted by Crippen LogP contribution is 2.14. The summed E-state index contributed by atoms with van der Waals surface area (Å²) in [6.07, 6.45) is 7.04. The van der Waals surface area contributed by atoms with E-state index in [4.69, 9.17) is 47.4 Å². The molecule has 0 aromatic heterocycles. The highest BCUT2D eigenvalue weighted by atomic mass is 16.7. The number of carbonyl (C=O) groups is 1. The van der Waals surface area contributed by atoms with Crippen LogP contribution in [0.4, 0.5) is 0 Å². The third kappa shape index (κ3) is 23.8. The van der Waals surface area contributed by atoms with Crippen molar-refractivity contribution in [1.82, 2.24) is 0 Å². The van der Waals surface area contributed by atoms with E-state index in [0.717, 1.165) is 45.1 Å². The van der Waals surface area contributed by atoms with Crippen molar-refractivity contribution in [3.8, 4) is 0 Å². The van der Waals surface area contributed by atoms with Crippen LogP contribution in [0.25, 0.3) is 0 Å². The molecule has 0 saturated carbocycles. The predicted octanol–water partition coefficient (Wildman–Crippen LogP) is 3.41. The van der Waals surface area contributed by atoms with Gasteiger partial charge in [-0.05, 0) is 32.1 Å². The van der Waals surface area contributed by atoms with Gasteiger partial charge in [0.1, 0.15) is 6.61 Å². The van der Waals surface area contributed by atoms with Crippen molar-refractivity contribution in [2.24, 2.45) is 5.92 Å². The summed E-state index contributed by atoms with van der Waals surface area (Å²) in [4.78, 5) is 12.0. The molecule has 0 radical (unpaired) electrons. The fourth-order valence-corrected chi connectivity index (χ4v) is 3.76. The Labute approximate surface area is 241 Å². The smallest absolute Gasteiger partial charge is 0.308 e. The lowest BCUT2D eigenvalue weighted by molar-refractivity contribution is -0.169. The average Bonchev–Trinajstić information content (AvgIpc) is 2.98. The maximum atomic E-state index is 12.0. The van der Waals surface area contributed by atoms with Gasteiger partial charge in [0.2, 0.25) is 0 Å². The van der Waals surface area contributed by atoms with Gasteiger partial charge in [0, 0.05) is 6.61 Å². The van der Waals surface area contributed by atoms with Crippen LogP contribution in [0.15, 0.2) is 0 Å². The third-order valence-electron chi connectivity index (χ3n) is 6.11. The van der Waals surface area contributed by atoms with Gasteiger partial charge in [0.05, 0.1) is 105 Å². The molecule has 0 bridgehead atoms. The molecule has 1 rings (SSSR count). The van der Waals surface area contributed by atoms with Crippen molar-refractivity contribution in [2.75, 3.05) is 112 Å². The molecule has 11 nitrogen and oxygen atoms in total. The molecule has 40 heavy (non-hydrogen) atoms. The van der Waals surface area contributed by atoms with Crippen LogP contribution in [-0.4, -0.2) is 125 Å². The lowest BCUT2D eigenvalue weighted by Gasteiger charge is -2.22. The van der Waals surface area contributed by atoms with Crippen molar-refractivity contribution in [1.29, 1.82) is 0 Å². The maximum absolute atomic E-state index is 12.0. The average molecular weight is 581 g/mol. The van der Waals surface area contributed by atoms with E-state index in [1.807, 2.05) is 6.92 Å². The molecule has 0 amide bonds. The van der Waals surface area contributed by atoms with Gasteiger partial charge in [-0.3, -0.25) is 4.79 Å². The molecule has 0 aromatic carbocycles. The molecular formula is C29H56O11. The lowest BCUT2D eigenvalue weighted by Crippen LogP contribution is -2.24. The largest absolute Gasteiger partial charge is 0.463 e. The van der Waals surface area contributed by atoms with E-state index in [1.165, 1.54) is 6.42 Å². The highest BCUT2D eigenvalue weighted by Gasteiger charge is 2.17. The van der Waals surface area contributed by atoms with E-state index in [9.17, 15) is 4.79 Å². The van der Waals surface area contributed by atoms with Crippen LogP contribution >= 0.6 is 0 Å². The van der Waals surface area contributed by atoms with Gasteiger partial charge in [-0.1, -0.05) is 26.7 Å². The zero-order chi connectivity index (χ0) is 28.8. The van der Waals surface area contributed by atoms with E-state index in [2.05, 4.69) is 6.92 Å². The zero-order valence-corrected chi connectivity index (χ0v) is 25.1. The van der Waals surface area contributed by atoms with Crippen LogP contribution in [0.1, 0.15) is 58.8 Å². The normalized spacial score (nSPS) is 16.3. The summed E-state index contributed by atoms with van der Waals surface area (Å²) < 4.78 is 54.7. The van der Waals surface area contributed by atoms with E-state index in [1.54, 1.807) is 0 Å². The zero-order valence-electron chi connectivity index (χ0n) is 25.1. The molecular weight excluding hydrogens is 524 g/mol. The molecule has 1 fully saturated rings. The van der Waals surface area contributed by atoms with E-state index < -0.39 is 0 Å². The van der Waals surface area contributed by atoms with Crippen LogP contribution in [0.2, 0.25) is 0 Å². The van der Waals surface area contributed by atoms with E-state index in [-0.39, 0.29) is 24.8 Å². The second-order valence-electron chi connectivity index (χ2n) is 9.37. The summed E-state index contributed by atoms with van der Waals surface area (Å²) in [5.41, 5.74) is 0. The fourth-order valence-electron chi connectivity index (χ4n) is 3.76. The highest BCUT2D eigenvalue weighted by molar-refractivity contribution is 5.72. The molecule has 0 aromatic rings. The molecule has 1 saturated heterocycles. The van der Waals surface area contributed by atoms with Crippen molar-refractivity contribution < 1.29 is 52.2 Å². The topological polar surface area (TPSA) is 109 Å². The molecule has 1 aliphatic heterocycles. The SMILES string of the molecule is CCCCC(CC)C(=O)OCCOCCOCCOCCOCCOCCOCCOCCOC1CCCCO1.